The van der Waals surface area contributed by atoms with Crippen LogP contribution in [0.5, 0.6) is 5.88 Å². The van der Waals surface area contributed by atoms with Crippen molar-refractivity contribution in [3.63, 3.8) is 0 Å². The summed E-state index contributed by atoms with van der Waals surface area (Å²) in [7, 11) is 0. The van der Waals surface area contributed by atoms with Gasteiger partial charge in [0.2, 0.25) is 0 Å². The number of ether oxygens (including phenoxy) is 1. The van der Waals surface area contributed by atoms with Crippen molar-refractivity contribution in [1.29, 1.82) is 0 Å². The molecule has 4 N–H and O–H groups in total. The van der Waals surface area contributed by atoms with E-state index >= 15 is 0 Å². The highest BCUT2D eigenvalue weighted by Gasteiger charge is 2.43. The van der Waals surface area contributed by atoms with E-state index in [1.54, 1.807) is 0 Å². The van der Waals surface area contributed by atoms with Crippen molar-refractivity contribution in [3.8, 4) is 5.88 Å². The van der Waals surface area contributed by atoms with Crippen LogP contribution < -0.4 is 5.43 Å². The average molecular weight is 243 g/mol. The molecule has 0 aliphatic carbocycles. The minimum atomic E-state index is -1.29. The van der Waals surface area contributed by atoms with Crippen molar-refractivity contribution in [3.05, 3.63) is 28.6 Å². The molecule has 0 unspecified atom stereocenters. The highest BCUT2D eigenvalue weighted by atomic mass is 16.6. The Balaban J connectivity index is 2.32. The largest absolute Gasteiger partial charge is 0.494 e. The zero-order valence-corrected chi connectivity index (χ0v) is 8.80. The van der Waals surface area contributed by atoms with Gasteiger partial charge < -0.3 is 25.2 Å². The SMILES string of the molecule is O=c1ccn([C@@H]2O[C@H](CO)[C@@H](O)[C@H]2O)c(O)c1. The van der Waals surface area contributed by atoms with Crippen LogP contribution in [0.25, 0.3) is 0 Å². The van der Waals surface area contributed by atoms with Gasteiger partial charge in [-0.15, -0.1) is 0 Å². The van der Waals surface area contributed by atoms with Crippen LogP contribution in [0, 0.1) is 0 Å². The third-order valence-corrected chi connectivity index (χ3v) is 2.73. The third-order valence-electron chi connectivity index (χ3n) is 2.73. The Kier molecular flexibility index (Phi) is 3.16. The molecule has 0 aromatic carbocycles. The van der Waals surface area contributed by atoms with E-state index in [1.165, 1.54) is 12.3 Å². The Morgan fingerprint density at radius 3 is 2.59 bits per heavy atom. The predicted molar refractivity (Wildman–Crippen MR) is 55.4 cm³/mol. The van der Waals surface area contributed by atoms with E-state index in [0.29, 0.717) is 0 Å². The van der Waals surface area contributed by atoms with E-state index in [9.17, 15) is 20.1 Å². The molecule has 7 heteroatoms. The molecular formula is C10H13NO6. The van der Waals surface area contributed by atoms with Crippen molar-refractivity contribution in [2.45, 2.75) is 24.5 Å². The van der Waals surface area contributed by atoms with Gasteiger partial charge in [-0.2, -0.15) is 0 Å². The molecule has 1 aromatic rings. The fourth-order valence-electron chi connectivity index (χ4n) is 1.81. The van der Waals surface area contributed by atoms with Gasteiger partial charge in [-0.25, -0.2) is 0 Å². The quantitative estimate of drug-likeness (QED) is 0.486. The summed E-state index contributed by atoms with van der Waals surface area (Å²) >= 11 is 0. The van der Waals surface area contributed by atoms with E-state index in [0.717, 1.165) is 10.6 Å². The normalized spacial score (nSPS) is 32.9. The van der Waals surface area contributed by atoms with E-state index in [2.05, 4.69) is 0 Å². The maximum atomic E-state index is 11.0. The van der Waals surface area contributed by atoms with E-state index in [-0.39, 0.29) is 11.3 Å². The number of aliphatic hydroxyl groups excluding tert-OH is 3. The lowest BCUT2D eigenvalue weighted by molar-refractivity contribution is -0.0557. The summed E-state index contributed by atoms with van der Waals surface area (Å²) in [4.78, 5) is 11.0. The Morgan fingerprint density at radius 2 is 2.06 bits per heavy atom. The highest BCUT2D eigenvalue weighted by Crippen LogP contribution is 2.31. The summed E-state index contributed by atoms with van der Waals surface area (Å²) in [5.74, 6) is -0.382. The zero-order valence-electron chi connectivity index (χ0n) is 8.80. The van der Waals surface area contributed by atoms with Gasteiger partial charge in [0.1, 0.15) is 18.3 Å². The second-order valence-corrected chi connectivity index (χ2v) is 3.86. The van der Waals surface area contributed by atoms with Crippen LogP contribution in [0.3, 0.4) is 0 Å². The van der Waals surface area contributed by atoms with Crippen molar-refractivity contribution < 1.29 is 25.2 Å². The van der Waals surface area contributed by atoms with Crippen LogP contribution >= 0.6 is 0 Å². The fraction of sp³-hybridized carbons (Fsp3) is 0.500. The van der Waals surface area contributed by atoms with E-state index in [1.807, 2.05) is 0 Å². The molecule has 1 saturated heterocycles. The van der Waals surface area contributed by atoms with Crippen molar-refractivity contribution >= 4 is 0 Å². The second kappa shape index (κ2) is 4.46. The number of aliphatic hydroxyl groups is 3. The van der Waals surface area contributed by atoms with Crippen LogP contribution in [0.1, 0.15) is 6.23 Å². The maximum absolute atomic E-state index is 11.0. The molecule has 1 aliphatic heterocycles. The van der Waals surface area contributed by atoms with Crippen LogP contribution in [-0.2, 0) is 4.74 Å². The molecule has 1 aromatic heterocycles. The molecule has 2 heterocycles. The molecule has 0 radical (unpaired) electrons. The van der Waals surface area contributed by atoms with Gasteiger partial charge in [0.25, 0.3) is 0 Å². The first-order valence-corrected chi connectivity index (χ1v) is 5.08. The Morgan fingerprint density at radius 1 is 1.35 bits per heavy atom. The van der Waals surface area contributed by atoms with Crippen LogP contribution in [0.2, 0.25) is 0 Å². The standard InChI is InChI=1S/C10H13NO6/c12-4-6-8(15)9(16)10(17-6)11-2-1-5(13)3-7(11)14/h1-3,6,8-10,12,14-16H,4H2/t6-,8-,9-,10-/m1/s1. The number of pyridine rings is 1. The van der Waals surface area contributed by atoms with E-state index in [4.69, 9.17) is 9.84 Å². The summed E-state index contributed by atoms with van der Waals surface area (Å²) in [5, 5.41) is 37.7. The minimum Gasteiger partial charge on any atom is -0.494 e. The number of aromatic hydroxyl groups is 1. The summed E-state index contributed by atoms with van der Waals surface area (Å²) in [6.07, 6.45) is -3.25. The Labute approximate surface area is 96.1 Å². The minimum absolute atomic E-state index is 0.382. The Bertz CT molecular complexity index is 458. The lowest BCUT2D eigenvalue weighted by Crippen LogP contribution is -2.33. The van der Waals surface area contributed by atoms with Gasteiger partial charge in [0, 0.05) is 18.3 Å². The molecule has 1 fully saturated rings. The number of hydrogen-bond acceptors (Lipinski definition) is 6. The Hall–Kier alpha value is -1.41. The van der Waals surface area contributed by atoms with Crippen molar-refractivity contribution in [2.24, 2.45) is 0 Å². The number of rotatable bonds is 2. The first-order valence-electron chi connectivity index (χ1n) is 5.08. The third kappa shape index (κ3) is 2.05. The fourth-order valence-corrected chi connectivity index (χ4v) is 1.81. The predicted octanol–water partition coefficient (Wildman–Crippen LogP) is -1.83. The summed E-state index contributed by atoms with van der Waals surface area (Å²) < 4.78 is 6.31. The smallest absolute Gasteiger partial charge is 0.197 e. The molecule has 7 nitrogen and oxygen atoms in total. The van der Waals surface area contributed by atoms with Gasteiger partial charge in [-0.1, -0.05) is 0 Å². The molecule has 1 aliphatic rings. The van der Waals surface area contributed by atoms with E-state index < -0.39 is 31.1 Å². The summed E-state index contributed by atoms with van der Waals surface area (Å²) in [6, 6.07) is 2.16. The molecular weight excluding hydrogens is 230 g/mol. The van der Waals surface area contributed by atoms with Crippen LogP contribution in [0.4, 0.5) is 0 Å². The molecule has 2 rings (SSSR count). The monoisotopic (exact) mass is 243 g/mol. The van der Waals surface area contributed by atoms with Gasteiger partial charge in [-0.3, -0.25) is 9.36 Å². The van der Waals surface area contributed by atoms with Crippen molar-refractivity contribution in [1.82, 2.24) is 4.57 Å². The molecule has 4 atom stereocenters. The summed E-state index contributed by atoms with van der Waals surface area (Å²) in [6.45, 7) is -0.449. The van der Waals surface area contributed by atoms with Gasteiger partial charge in [-0.05, 0) is 0 Å². The molecule has 94 valence electrons. The number of aromatic nitrogens is 1. The highest BCUT2D eigenvalue weighted by molar-refractivity contribution is 5.13. The molecule has 0 spiro atoms. The number of nitrogens with zero attached hydrogens (tertiary/aromatic N) is 1. The second-order valence-electron chi connectivity index (χ2n) is 3.86. The van der Waals surface area contributed by atoms with Crippen molar-refractivity contribution in [2.75, 3.05) is 6.61 Å². The maximum Gasteiger partial charge on any atom is 0.197 e. The van der Waals surface area contributed by atoms with Gasteiger partial charge >= 0.3 is 0 Å². The van der Waals surface area contributed by atoms with Gasteiger partial charge in [0.15, 0.2) is 17.5 Å². The molecule has 0 bridgehead atoms. The first kappa shape index (κ1) is 12.1. The lowest BCUT2D eigenvalue weighted by atomic mass is 10.1. The van der Waals surface area contributed by atoms with Crippen LogP contribution in [-0.4, -0.2) is 49.9 Å². The first-order chi connectivity index (χ1) is 8.04. The summed E-state index contributed by atoms with van der Waals surface area (Å²) in [5.41, 5.74) is -0.384. The molecule has 17 heavy (non-hydrogen) atoms. The van der Waals surface area contributed by atoms with Crippen LogP contribution in [0.15, 0.2) is 23.1 Å². The topological polar surface area (TPSA) is 112 Å². The number of hydrogen-bond donors (Lipinski definition) is 4. The molecule has 0 saturated carbocycles. The zero-order chi connectivity index (χ0) is 12.6. The molecule has 0 amide bonds. The lowest BCUT2D eigenvalue weighted by Gasteiger charge is -2.19. The average Bonchev–Trinajstić information content (AvgIpc) is 2.57. The van der Waals surface area contributed by atoms with Gasteiger partial charge in [0.05, 0.1) is 6.61 Å².